The molecule has 2 aromatic rings. The van der Waals surface area contributed by atoms with Gasteiger partial charge in [-0.05, 0) is 48.4 Å². The van der Waals surface area contributed by atoms with E-state index in [1.807, 2.05) is 43.5 Å². The van der Waals surface area contributed by atoms with Gasteiger partial charge in [-0.1, -0.05) is 51.8 Å². The van der Waals surface area contributed by atoms with Crippen molar-refractivity contribution in [1.82, 2.24) is 4.57 Å². The molecule has 3 N–H and O–H groups in total. The van der Waals surface area contributed by atoms with Crippen LogP contribution in [0.4, 0.5) is 0 Å². The molecule has 0 radical (unpaired) electrons. The van der Waals surface area contributed by atoms with Crippen LogP contribution in [0, 0.1) is 0 Å². The number of primary amides is 1. The number of carbonyl (C=O) groups excluding carboxylic acids is 1. The smallest absolute Gasteiger partial charge is 0.227 e. The standard InChI is InChI=1S/C22H30N2O2/c1-5-6-12-17(25)19-18-16(13-24(19)15-10-8-7-9-11-15)22(4,20(23)26)14-21(18,2)3/h7-11,13,17,25H,5-6,12,14H2,1-4H3,(H2,23,26). The molecule has 0 spiro atoms. The Morgan fingerprint density at radius 1 is 1.27 bits per heavy atom. The zero-order valence-electron chi connectivity index (χ0n) is 16.2. The number of benzene rings is 1. The summed E-state index contributed by atoms with van der Waals surface area (Å²) in [7, 11) is 0. The maximum Gasteiger partial charge on any atom is 0.227 e. The summed E-state index contributed by atoms with van der Waals surface area (Å²) in [5.74, 6) is -0.302. The van der Waals surface area contributed by atoms with Gasteiger partial charge < -0.3 is 15.4 Å². The zero-order chi connectivity index (χ0) is 19.1. The number of rotatable bonds is 6. The second-order valence-electron chi connectivity index (χ2n) is 8.42. The van der Waals surface area contributed by atoms with Crippen LogP contribution < -0.4 is 5.73 Å². The molecule has 2 atom stereocenters. The first-order chi connectivity index (χ1) is 12.2. The van der Waals surface area contributed by atoms with Gasteiger partial charge >= 0.3 is 0 Å². The van der Waals surface area contributed by atoms with Gasteiger partial charge in [-0.15, -0.1) is 0 Å². The van der Waals surface area contributed by atoms with Crippen LogP contribution in [0.5, 0.6) is 0 Å². The van der Waals surface area contributed by atoms with Crippen molar-refractivity contribution in [3.8, 4) is 5.69 Å². The van der Waals surface area contributed by atoms with E-state index in [0.29, 0.717) is 12.8 Å². The van der Waals surface area contributed by atoms with Gasteiger partial charge in [0.2, 0.25) is 5.91 Å². The molecule has 2 unspecified atom stereocenters. The van der Waals surface area contributed by atoms with E-state index in [1.165, 1.54) is 0 Å². The summed E-state index contributed by atoms with van der Waals surface area (Å²) < 4.78 is 2.06. The third-order valence-electron chi connectivity index (χ3n) is 5.83. The number of aliphatic hydroxyl groups excluding tert-OH is 1. The molecule has 140 valence electrons. The monoisotopic (exact) mass is 354 g/mol. The van der Waals surface area contributed by atoms with Crippen molar-refractivity contribution in [2.45, 2.75) is 70.3 Å². The Labute approximate surface area is 156 Å². The highest BCUT2D eigenvalue weighted by Gasteiger charge is 2.51. The third kappa shape index (κ3) is 2.86. The van der Waals surface area contributed by atoms with Crippen molar-refractivity contribution < 1.29 is 9.90 Å². The lowest BCUT2D eigenvalue weighted by molar-refractivity contribution is -0.123. The lowest BCUT2D eigenvalue weighted by atomic mass is 9.79. The van der Waals surface area contributed by atoms with Crippen LogP contribution in [0.15, 0.2) is 36.5 Å². The summed E-state index contributed by atoms with van der Waals surface area (Å²) in [6.45, 7) is 8.35. The molecule has 1 aromatic heterocycles. The van der Waals surface area contributed by atoms with E-state index in [1.54, 1.807) is 0 Å². The number of unbranched alkanes of at least 4 members (excludes halogenated alkanes) is 1. The molecule has 4 nitrogen and oxygen atoms in total. The quantitative estimate of drug-likeness (QED) is 0.819. The number of hydrogen-bond donors (Lipinski definition) is 2. The third-order valence-corrected chi connectivity index (χ3v) is 5.83. The highest BCUT2D eigenvalue weighted by atomic mass is 16.3. The van der Waals surface area contributed by atoms with Crippen molar-refractivity contribution in [3.63, 3.8) is 0 Å². The van der Waals surface area contributed by atoms with Crippen LogP contribution in [0.25, 0.3) is 5.69 Å². The molecule has 0 bridgehead atoms. The van der Waals surface area contributed by atoms with Crippen LogP contribution in [0.2, 0.25) is 0 Å². The SMILES string of the molecule is CCCCC(O)c1c2c(cn1-c1ccccc1)C(C)(C(N)=O)CC2(C)C. The summed E-state index contributed by atoms with van der Waals surface area (Å²) in [6.07, 6.45) is 4.84. The van der Waals surface area contributed by atoms with Crippen molar-refractivity contribution in [1.29, 1.82) is 0 Å². The molecule has 0 saturated heterocycles. The van der Waals surface area contributed by atoms with Crippen molar-refractivity contribution in [2.75, 3.05) is 0 Å². The molecule has 1 aromatic carbocycles. The molecular weight excluding hydrogens is 324 g/mol. The van der Waals surface area contributed by atoms with Crippen molar-refractivity contribution in [2.24, 2.45) is 5.73 Å². The van der Waals surface area contributed by atoms with Gasteiger partial charge in [0.05, 0.1) is 17.2 Å². The Morgan fingerprint density at radius 2 is 1.92 bits per heavy atom. The van der Waals surface area contributed by atoms with E-state index in [4.69, 9.17) is 5.73 Å². The average Bonchev–Trinajstić information content (AvgIpc) is 3.10. The van der Waals surface area contributed by atoms with Gasteiger partial charge in [0.1, 0.15) is 0 Å². The topological polar surface area (TPSA) is 68.2 Å². The van der Waals surface area contributed by atoms with Crippen LogP contribution in [-0.4, -0.2) is 15.6 Å². The molecule has 1 heterocycles. The largest absolute Gasteiger partial charge is 0.387 e. The van der Waals surface area contributed by atoms with E-state index in [0.717, 1.165) is 35.3 Å². The van der Waals surface area contributed by atoms with E-state index < -0.39 is 11.5 Å². The lowest BCUT2D eigenvalue weighted by Gasteiger charge is -2.27. The predicted molar refractivity (Wildman–Crippen MR) is 104 cm³/mol. The summed E-state index contributed by atoms with van der Waals surface area (Å²) in [5, 5.41) is 11.1. The van der Waals surface area contributed by atoms with E-state index in [-0.39, 0.29) is 11.3 Å². The molecule has 1 amide bonds. The highest BCUT2D eigenvalue weighted by Crippen LogP contribution is 2.53. The Bertz CT molecular complexity index is 807. The Hall–Kier alpha value is -2.07. The summed E-state index contributed by atoms with van der Waals surface area (Å²) >= 11 is 0. The van der Waals surface area contributed by atoms with E-state index >= 15 is 0 Å². The Morgan fingerprint density at radius 3 is 2.50 bits per heavy atom. The second-order valence-corrected chi connectivity index (χ2v) is 8.42. The first kappa shape index (κ1) is 18.7. The van der Waals surface area contributed by atoms with Crippen molar-refractivity contribution >= 4 is 5.91 Å². The zero-order valence-corrected chi connectivity index (χ0v) is 16.2. The number of para-hydroxylation sites is 1. The second kappa shape index (κ2) is 6.58. The highest BCUT2D eigenvalue weighted by molar-refractivity contribution is 5.88. The molecule has 0 saturated carbocycles. The fourth-order valence-electron chi connectivity index (χ4n) is 4.60. The number of aromatic nitrogens is 1. The van der Waals surface area contributed by atoms with Gasteiger partial charge in [-0.25, -0.2) is 0 Å². The van der Waals surface area contributed by atoms with Gasteiger partial charge in [-0.2, -0.15) is 0 Å². The summed E-state index contributed by atoms with van der Waals surface area (Å²) in [6, 6.07) is 10.0. The van der Waals surface area contributed by atoms with Crippen LogP contribution in [-0.2, 0) is 15.6 Å². The predicted octanol–water partition coefficient (Wildman–Crippen LogP) is 4.13. The number of nitrogens with two attached hydrogens (primary N) is 1. The fourth-order valence-corrected chi connectivity index (χ4v) is 4.60. The van der Waals surface area contributed by atoms with E-state index in [9.17, 15) is 9.90 Å². The van der Waals surface area contributed by atoms with Crippen LogP contribution in [0.3, 0.4) is 0 Å². The first-order valence-corrected chi connectivity index (χ1v) is 9.52. The molecule has 1 aliphatic carbocycles. The molecule has 3 rings (SSSR count). The molecular formula is C22H30N2O2. The number of fused-ring (bicyclic) bond motifs is 1. The summed E-state index contributed by atoms with van der Waals surface area (Å²) in [5.41, 5.74) is 8.84. The maximum atomic E-state index is 12.3. The molecule has 26 heavy (non-hydrogen) atoms. The maximum absolute atomic E-state index is 12.3. The molecule has 1 aliphatic rings. The first-order valence-electron chi connectivity index (χ1n) is 9.52. The molecule has 0 aliphatic heterocycles. The minimum Gasteiger partial charge on any atom is -0.387 e. The normalized spacial score (nSPS) is 22.2. The van der Waals surface area contributed by atoms with Crippen LogP contribution in [0.1, 0.15) is 76.3 Å². The number of hydrogen-bond acceptors (Lipinski definition) is 2. The number of nitrogens with zero attached hydrogens (tertiary/aromatic N) is 1. The Kier molecular flexibility index (Phi) is 4.74. The van der Waals surface area contributed by atoms with Gasteiger partial charge in [0, 0.05) is 11.9 Å². The number of carbonyl (C=O) groups is 1. The minimum absolute atomic E-state index is 0.221. The molecule has 4 heteroatoms. The fraction of sp³-hybridized carbons (Fsp3) is 0.500. The average molecular weight is 354 g/mol. The van der Waals surface area contributed by atoms with Gasteiger partial charge in [0.25, 0.3) is 0 Å². The van der Waals surface area contributed by atoms with Crippen molar-refractivity contribution in [3.05, 3.63) is 53.3 Å². The Balaban J connectivity index is 2.26. The minimum atomic E-state index is -0.710. The summed E-state index contributed by atoms with van der Waals surface area (Å²) in [4.78, 5) is 12.3. The number of aliphatic hydroxyl groups is 1. The van der Waals surface area contributed by atoms with E-state index in [2.05, 4.69) is 25.3 Å². The lowest BCUT2D eigenvalue weighted by Crippen LogP contribution is -2.37. The van der Waals surface area contributed by atoms with Crippen LogP contribution >= 0.6 is 0 Å². The van der Waals surface area contributed by atoms with Gasteiger partial charge in [0.15, 0.2) is 0 Å². The van der Waals surface area contributed by atoms with Gasteiger partial charge in [-0.3, -0.25) is 4.79 Å². The number of amides is 1. The molecule has 0 fully saturated rings.